The van der Waals surface area contributed by atoms with Crippen LogP contribution in [-0.4, -0.2) is 46.9 Å². The van der Waals surface area contributed by atoms with Crippen molar-refractivity contribution in [1.82, 2.24) is 14.8 Å². The van der Waals surface area contributed by atoms with Crippen LogP contribution in [0.3, 0.4) is 0 Å². The highest BCUT2D eigenvalue weighted by atomic mass is 35.5. The number of methoxy groups -OCH3 is 1. The average Bonchev–Trinajstić information content (AvgIpc) is 3.13. The number of alkyl halides is 1. The lowest BCUT2D eigenvalue weighted by Crippen LogP contribution is -2.12. The molecular weight excluding hydrogens is 380 g/mol. The summed E-state index contributed by atoms with van der Waals surface area (Å²) in [5, 5.41) is 7.18. The Labute approximate surface area is 168 Å². The Bertz CT molecular complexity index is 924. The van der Waals surface area contributed by atoms with Gasteiger partial charge in [-0.2, -0.15) is 4.98 Å². The van der Waals surface area contributed by atoms with Crippen molar-refractivity contribution in [1.29, 1.82) is 0 Å². The third-order valence-corrected chi connectivity index (χ3v) is 4.18. The first-order valence-corrected chi connectivity index (χ1v) is 9.26. The van der Waals surface area contributed by atoms with Gasteiger partial charge in [-0.15, -0.1) is 16.7 Å². The third-order valence-electron chi connectivity index (χ3n) is 3.93. The molecule has 0 saturated heterocycles. The number of rotatable bonds is 8. The Morgan fingerprint density at radius 2 is 1.82 bits per heavy atom. The molecule has 1 N–H and O–H groups in total. The second-order valence-corrected chi connectivity index (χ2v) is 6.33. The number of carbonyl (C=O) groups excluding carboxylic acids is 1. The number of benzene rings is 2. The molecule has 0 saturated carbocycles. The van der Waals surface area contributed by atoms with Crippen LogP contribution in [0.4, 0.5) is 5.69 Å². The summed E-state index contributed by atoms with van der Waals surface area (Å²) in [4.78, 5) is 16.0. The van der Waals surface area contributed by atoms with E-state index in [0.29, 0.717) is 24.7 Å². The molecule has 3 rings (SSSR count). The Hall–Kier alpha value is -2.90. The Kier molecular flexibility index (Phi) is 6.62. The van der Waals surface area contributed by atoms with Gasteiger partial charge in [0.15, 0.2) is 5.82 Å². The summed E-state index contributed by atoms with van der Waals surface area (Å²) < 4.78 is 12.3. The van der Waals surface area contributed by atoms with Gasteiger partial charge in [0.25, 0.3) is 0 Å². The van der Waals surface area contributed by atoms with Gasteiger partial charge in [0, 0.05) is 18.4 Å². The van der Waals surface area contributed by atoms with Crippen LogP contribution in [-0.2, 0) is 9.53 Å². The molecule has 8 heteroatoms. The van der Waals surface area contributed by atoms with Crippen molar-refractivity contribution < 1.29 is 14.3 Å². The van der Waals surface area contributed by atoms with Crippen molar-refractivity contribution >= 4 is 23.2 Å². The van der Waals surface area contributed by atoms with E-state index < -0.39 is 0 Å². The predicted octanol–water partition coefficient (Wildman–Crippen LogP) is 3.45. The molecule has 0 spiro atoms. The maximum absolute atomic E-state index is 11.4. The molecule has 0 fully saturated rings. The average molecular weight is 401 g/mol. The van der Waals surface area contributed by atoms with E-state index in [4.69, 9.17) is 21.1 Å². The van der Waals surface area contributed by atoms with E-state index in [0.717, 1.165) is 16.8 Å². The molecule has 0 aliphatic heterocycles. The number of aryl methyl sites for hydroxylation is 1. The molecule has 0 atom stereocenters. The molecule has 0 aliphatic rings. The second kappa shape index (κ2) is 9.34. The molecule has 7 nitrogen and oxygen atoms in total. The summed E-state index contributed by atoms with van der Waals surface area (Å²) in [7, 11) is 1.61. The van der Waals surface area contributed by atoms with Crippen LogP contribution >= 0.6 is 11.6 Å². The van der Waals surface area contributed by atoms with Gasteiger partial charge in [0.2, 0.25) is 5.91 Å². The molecule has 0 unspecified atom stereocenters. The van der Waals surface area contributed by atoms with Gasteiger partial charge < -0.3 is 14.8 Å². The predicted molar refractivity (Wildman–Crippen MR) is 108 cm³/mol. The van der Waals surface area contributed by atoms with Gasteiger partial charge >= 0.3 is 6.01 Å². The summed E-state index contributed by atoms with van der Waals surface area (Å²) in [6, 6.07) is 15.5. The van der Waals surface area contributed by atoms with Gasteiger partial charge in [-0.1, -0.05) is 29.8 Å². The van der Waals surface area contributed by atoms with E-state index in [2.05, 4.69) is 15.4 Å². The molecule has 3 aromatic rings. The molecule has 0 bridgehead atoms. The first kappa shape index (κ1) is 19.9. The Morgan fingerprint density at radius 3 is 2.46 bits per heavy atom. The lowest BCUT2D eigenvalue weighted by atomic mass is 10.1. The largest absolute Gasteiger partial charge is 0.460 e. The van der Waals surface area contributed by atoms with Crippen molar-refractivity contribution in [3.05, 3.63) is 54.1 Å². The molecule has 0 radical (unpaired) electrons. The van der Waals surface area contributed by atoms with Gasteiger partial charge in [-0.05, 0) is 31.2 Å². The minimum absolute atomic E-state index is 0.0927. The molecule has 1 amide bonds. The fraction of sp³-hybridized carbons (Fsp3) is 0.250. The Balaban J connectivity index is 1.93. The first-order valence-electron chi connectivity index (χ1n) is 8.73. The molecule has 146 valence electrons. The van der Waals surface area contributed by atoms with Gasteiger partial charge in [-0.25, -0.2) is 4.68 Å². The minimum Gasteiger partial charge on any atom is -0.460 e. The number of hydrogen-bond acceptors (Lipinski definition) is 5. The number of amides is 1. The number of ether oxygens (including phenoxy) is 2. The first-order chi connectivity index (χ1) is 13.6. The zero-order valence-electron chi connectivity index (χ0n) is 15.7. The van der Waals surface area contributed by atoms with E-state index in [9.17, 15) is 4.79 Å². The zero-order valence-corrected chi connectivity index (χ0v) is 16.4. The van der Waals surface area contributed by atoms with E-state index in [1.165, 1.54) is 0 Å². The van der Waals surface area contributed by atoms with Crippen molar-refractivity contribution in [2.75, 3.05) is 31.5 Å². The second-order valence-electron chi connectivity index (χ2n) is 6.07. The smallest absolute Gasteiger partial charge is 0.336 e. The lowest BCUT2D eigenvalue weighted by molar-refractivity contribution is -0.113. The van der Waals surface area contributed by atoms with Gasteiger partial charge in [0.05, 0.1) is 12.3 Å². The number of aromatic nitrogens is 3. The maximum Gasteiger partial charge on any atom is 0.336 e. The van der Waals surface area contributed by atoms with Crippen LogP contribution in [0.15, 0.2) is 48.5 Å². The molecule has 28 heavy (non-hydrogen) atoms. The fourth-order valence-electron chi connectivity index (χ4n) is 2.52. The van der Waals surface area contributed by atoms with Gasteiger partial charge in [-0.3, -0.25) is 4.79 Å². The molecular formula is C20H21ClN4O3. The quantitative estimate of drug-likeness (QED) is 0.463. The number of hydrogen-bond donors (Lipinski definition) is 1. The summed E-state index contributed by atoms with van der Waals surface area (Å²) in [6.45, 7) is 2.84. The van der Waals surface area contributed by atoms with Crippen molar-refractivity contribution in [3.8, 4) is 23.1 Å². The van der Waals surface area contributed by atoms with E-state index in [1.807, 2.05) is 43.3 Å². The monoisotopic (exact) mass is 400 g/mol. The van der Waals surface area contributed by atoms with Crippen LogP contribution in [0, 0.1) is 6.92 Å². The number of nitrogens with one attached hydrogen (secondary N) is 1. The van der Waals surface area contributed by atoms with E-state index in [-0.39, 0.29) is 17.8 Å². The molecule has 1 aromatic heterocycles. The maximum atomic E-state index is 11.4. The number of nitrogens with zero attached hydrogens (tertiary/aromatic N) is 3. The Morgan fingerprint density at radius 1 is 1.11 bits per heavy atom. The van der Waals surface area contributed by atoms with Crippen LogP contribution in [0.25, 0.3) is 17.1 Å². The standard InChI is InChI=1S/C20H21ClN4O3/c1-14-3-5-15(6-4-14)19-23-20(28-12-11-27-2)24-25(19)17-9-7-16(8-10-17)22-18(26)13-21/h3-10H,11-13H2,1-2H3,(H,22,26). The summed E-state index contributed by atoms with van der Waals surface area (Å²) in [6.07, 6.45) is 0. The molecule has 1 heterocycles. The van der Waals surface area contributed by atoms with Crippen LogP contribution in [0.5, 0.6) is 6.01 Å². The SMILES string of the molecule is COCCOc1nc(-c2ccc(C)cc2)n(-c2ccc(NC(=O)CCl)cc2)n1. The number of halogens is 1. The van der Waals surface area contributed by atoms with Crippen molar-refractivity contribution in [2.45, 2.75) is 6.92 Å². The van der Waals surface area contributed by atoms with Crippen molar-refractivity contribution in [3.63, 3.8) is 0 Å². The lowest BCUT2D eigenvalue weighted by Gasteiger charge is -2.08. The number of anilines is 1. The normalized spacial score (nSPS) is 10.7. The highest BCUT2D eigenvalue weighted by Gasteiger charge is 2.15. The topological polar surface area (TPSA) is 78.3 Å². The zero-order chi connectivity index (χ0) is 19.9. The van der Waals surface area contributed by atoms with Crippen LogP contribution in [0.2, 0.25) is 0 Å². The fourth-order valence-corrected chi connectivity index (χ4v) is 2.59. The van der Waals surface area contributed by atoms with E-state index >= 15 is 0 Å². The third kappa shape index (κ3) is 4.88. The number of carbonyl (C=O) groups is 1. The van der Waals surface area contributed by atoms with Crippen LogP contribution < -0.4 is 10.1 Å². The van der Waals surface area contributed by atoms with Crippen molar-refractivity contribution in [2.24, 2.45) is 0 Å². The van der Waals surface area contributed by atoms with Gasteiger partial charge in [0.1, 0.15) is 12.5 Å². The summed E-state index contributed by atoms with van der Waals surface area (Å²) in [5.74, 6) is 0.305. The highest BCUT2D eigenvalue weighted by Crippen LogP contribution is 2.24. The molecule has 0 aliphatic carbocycles. The molecule has 2 aromatic carbocycles. The highest BCUT2D eigenvalue weighted by molar-refractivity contribution is 6.29. The van der Waals surface area contributed by atoms with Crippen LogP contribution in [0.1, 0.15) is 5.56 Å². The summed E-state index contributed by atoms with van der Waals surface area (Å²) in [5.41, 5.74) is 3.52. The minimum atomic E-state index is -0.260. The van der Waals surface area contributed by atoms with E-state index in [1.54, 1.807) is 23.9 Å². The summed E-state index contributed by atoms with van der Waals surface area (Å²) >= 11 is 5.53.